The summed E-state index contributed by atoms with van der Waals surface area (Å²) in [6.45, 7) is 5.70. The number of carbonyl (C=O) groups excluding carboxylic acids is 3. The first-order valence-electron chi connectivity index (χ1n) is 10.9. The van der Waals surface area contributed by atoms with Gasteiger partial charge in [0.2, 0.25) is 5.91 Å². The van der Waals surface area contributed by atoms with Crippen molar-refractivity contribution in [1.82, 2.24) is 15.5 Å². The molecule has 0 unspecified atom stereocenters. The van der Waals surface area contributed by atoms with Gasteiger partial charge in [0.1, 0.15) is 11.8 Å². The van der Waals surface area contributed by atoms with Crippen molar-refractivity contribution in [3.8, 4) is 5.75 Å². The molecule has 2 aromatic rings. The van der Waals surface area contributed by atoms with Crippen LogP contribution in [0.2, 0.25) is 0 Å². The number of carbonyl (C=O) groups is 3. The van der Waals surface area contributed by atoms with Gasteiger partial charge in [-0.3, -0.25) is 14.4 Å². The van der Waals surface area contributed by atoms with Gasteiger partial charge >= 0.3 is 0 Å². The summed E-state index contributed by atoms with van der Waals surface area (Å²) in [5, 5.41) is 7.74. The van der Waals surface area contributed by atoms with E-state index in [4.69, 9.17) is 4.74 Å². The lowest BCUT2D eigenvalue weighted by atomic mass is 9.88. The summed E-state index contributed by atoms with van der Waals surface area (Å²) < 4.78 is 5.15. The molecule has 1 aliphatic heterocycles. The van der Waals surface area contributed by atoms with Gasteiger partial charge in [0.05, 0.1) is 12.0 Å². The van der Waals surface area contributed by atoms with E-state index in [-0.39, 0.29) is 23.6 Å². The van der Waals surface area contributed by atoms with Crippen LogP contribution in [0, 0.1) is 11.8 Å². The largest absolute Gasteiger partial charge is 0.497 e. The zero-order valence-corrected chi connectivity index (χ0v) is 19.6. The molecule has 1 aliphatic rings. The van der Waals surface area contributed by atoms with E-state index in [1.165, 1.54) is 11.3 Å². The van der Waals surface area contributed by atoms with Gasteiger partial charge in [-0.05, 0) is 60.4 Å². The molecule has 2 N–H and O–H groups in total. The van der Waals surface area contributed by atoms with Crippen LogP contribution in [0.4, 0.5) is 0 Å². The highest BCUT2D eigenvalue weighted by molar-refractivity contribution is 7.12. The monoisotopic (exact) mass is 457 g/mol. The Kier molecular flexibility index (Phi) is 8.27. The SMILES string of the molecule is COc1ccc(C(=O)N2CCC([C@H](NC(=O)c3cccs3)C(=O)NCC(C)C)CC2)cc1. The molecule has 0 aliphatic carbocycles. The predicted molar refractivity (Wildman–Crippen MR) is 125 cm³/mol. The van der Waals surface area contributed by atoms with Crippen molar-refractivity contribution in [1.29, 1.82) is 0 Å². The highest BCUT2D eigenvalue weighted by atomic mass is 32.1. The molecule has 0 saturated carbocycles. The van der Waals surface area contributed by atoms with Gasteiger partial charge in [0.25, 0.3) is 11.8 Å². The van der Waals surface area contributed by atoms with Crippen LogP contribution >= 0.6 is 11.3 Å². The summed E-state index contributed by atoms with van der Waals surface area (Å²) in [6.07, 6.45) is 1.29. The van der Waals surface area contributed by atoms with Crippen molar-refractivity contribution >= 4 is 29.1 Å². The maximum atomic E-state index is 12.9. The second kappa shape index (κ2) is 11.1. The van der Waals surface area contributed by atoms with Gasteiger partial charge in [0.15, 0.2) is 0 Å². The number of thiophene rings is 1. The van der Waals surface area contributed by atoms with E-state index >= 15 is 0 Å². The fourth-order valence-corrected chi connectivity index (χ4v) is 4.41. The Morgan fingerprint density at radius 3 is 2.38 bits per heavy atom. The first kappa shape index (κ1) is 23.8. The molecule has 0 radical (unpaired) electrons. The van der Waals surface area contributed by atoms with Crippen LogP contribution in [-0.4, -0.2) is 55.4 Å². The summed E-state index contributed by atoms with van der Waals surface area (Å²) in [5.74, 6) is 0.555. The Balaban J connectivity index is 1.64. The number of benzene rings is 1. The van der Waals surface area contributed by atoms with E-state index in [1.54, 1.807) is 37.4 Å². The number of rotatable bonds is 8. The van der Waals surface area contributed by atoms with Gasteiger partial charge in [-0.2, -0.15) is 0 Å². The van der Waals surface area contributed by atoms with E-state index in [2.05, 4.69) is 10.6 Å². The maximum absolute atomic E-state index is 12.9. The first-order chi connectivity index (χ1) is 15.4. The van der Waals surface area contributed by atoms with E-state index in [0.717, 1.165) is 0 Å². The van der Waals surface area contributed by atoms with Gasteiger partial charge in [-0.1, -0.05) is 19.9 Å². The molecule has 1 aromatic heterocycles. The van der Waals surface area contributed by atoms with Crippen LogP contribution in [0.25, 0.3) is 0 Å². The fraction of sp³-hybridized carbons (Fsp3) is 0.458. The van der Waals surface area contributed by atoms with Crippen LogP contribution in [0.15, 0.2) is 41.8 Å². The molecule has 3 amide bonds. The Morgan fingerprint density at radius 2 is 1.81 bits per heavy atom. The number of piperidine rings is 1. The second-order valence-electron chi connectivity index (χ2n) is 8.43. The summed E-state index contributed by atoms with van der Waals surface area (Å²) in [5.41, 5.74) is 0.612. The Labute approximate surface area is 193 Å². The average molecular weight is 458 g/mol. The summed E-state index contributed by atoms with van der Waals surface area (Å²) in [6, 6.07) is 10.0. The van der Waals surface area contributed by atoms with Crippen molar-refractivity contribution < 1.29 is 19.1 Å². The lowest BCUT2D eigenvalue weighted by molar-refractivity contribution is -0.124. The molecule has 7 nitrogen and oxygen atoms in total. The van der Waals surface area contributed by atoms with Gasteiger partial charge in [-0.25, -0.2) is 0 Å². The smallest absolute Gasteiger partial charge is 0.262 e. The lowest BCUT2D eigenvalue weighted by Gasteiger charge is -2.36. The van der Waals surface area contributed by atoms with Crippen LogP contribution < -0.4 is 15.4 Å². The third-order valence-electron chi connectivity index (χ3n) is 5.63. The maximum Gasteiger partial charge on any atom is 0.262 e. The molecule has 1 fully saturated rings. The molecule has 1 saturated heterocycles. The number of methoxy groups -OCH3 is 1. The van der Waals surface area contributed by atoms with E-state index in [9.17, 15) is 14.4 Å². The first-order valence-corrected chi connectivity index (χ1v) is 11.8. The molecule has 2 heterocycles. The number of amides is 3. The van der Waals surface area contributed by atoms with Gasteiger partial charge in [0, 0.05) is 25.2 Å². The minimum absolute atomic E-state index is 0.0328. The molecule has 8 heteroatoms. The number of ether oxygens (including phenoxy) is 1. The molecule has 0 spiro atoms. The molecular formula is C24H31N3O4S. The molecule has 32 heavy (non-hydrogen) atoms. The molecule has 3 rings (SSSR count). The molecular weight excluding hydrogens is 426 g/mol. The fourth-order valence-electron chi connectivity index (χ4n) is 3.78. The summed E-state index contributed by atoms with van der Waals surface area (Å²) in [7, 11) is 1.59. The van der Waals surface area contributed by atoms with Crippen LogP contribution in [0.3, 0.4) is 0 Å². The number of hydrogen-bond acceptors (Lipinski definition) is 5. The van der Waals surface area contributed by atoms with Crippen LogP contribution in [-0.2, 0) is 4.79 Å². The van der Waals surface area contributed by atoms with E-state index in [0.29, 0.717) is 54.6 Å². The number of likely N-dealkylation sites (tertiary alicyclic amines) is 1. The normalized spacial score (nSPS) is 15.3. The third kappa shape index (κ3) is 6.09. The minimum atomic E-state index is -0.624. The zero-order valence-electron chi connectivity index (χ0n) is 18.8. The Bertz CT molecular complexity index is 904. The minimum Gasteiger partial charge on any atom is -0.497 e. The van der Waals surface area contributed by atoms with Crippen molar-refractivity contribution in [3.63, 3.8) is 0 Å². The topological polar surface area (TPSA) is 87.7 Å². The summed E-state index contributed by atoms with van der Waals surface area (Å²) >= 11 is 1.35. The number of nitrogens with one attached hydrogen (secondary N) is 2. The van der Waals surface area contributed by atoms with Crippen molar-refractivity contribution in [2.24, 2.45) is 11.8 Å². The number of hydrogen-bond donors (Lipinski definition) is 2. The zero-order chi connectivity index (χ0) is 23.1. The predicted octanol–water partition coefficient (Wildman–Crippen LogP) is 3.18. The quantitative estimate of drug-likeness (QED) is 0.637. The third-order valence-corrected chi connectivity index (χ3v) is 6.50. The molecule has 0 bridgehead atoms. The summed E-state index contributed by atoms with van der Waals surface area (Å²) in [4.78, 5) is 40.8. The Hall–Kier alpha value is -2.87. The van der Waals surface area contributed by atoms with Crippen LogP contribution in [0.1, 0.15) is 46.7 Å². The standard InChI is InChI=1S/C24H31N3O4S/c1-16(2)15-25-23(29)21(26-22(28)20-5-4-14-32-20)17-10-12-27(13-11-17)24(30)18-6-8-19(31-3)9-7-18/h4-9,14,16-17,21H,10-13,15H2,1-3H3,(H,25,29)(H,26,28)/t21-/m0/s1. The van der Waals surface area contributed by atoms with Crippen molar-refractivity contribution in [2.45, 2.75) is 32.7 Å². The highest BCUT2D eigenvalue weighted by Crippen LogP contribution is 2.24. The van der Waals surface area contributed by atoms with Crippen LogP contribution in [0.5, 0.6) is 5.75 Å². The second-order valence-corrected chi connectivity index (χ2v) is 9.37. The Morgan fingerprint density at radius 1 is 1.12 bits per heavy atom. The molecule has 1 aromatic carbocycles. The van der Waals surface area contributed by atoms with Crippen molar-refractivity contribution in [2.75, 3.05) is 26.7 Å². The number of nitrogens with zero attached hydrogens (tertiary/aromatic N) is 1. The lowest BCUT2D eigenvalue weighted by Crippen LogP contribution is -2.54. The van der Waals surface area contributed by atoms with E-state index in [1.807, 2.05) is 30.2 Å². The van der Waals surface area contributed by atoms with Gasteiger partial charge < -0.3 is 20.3 Å². The van der Waals surface area contributed by atoms with E-state index < -0.39 is 6.04 Å². The van der Waals surface area contributed by atoms with Gasteiger partial charge in [-0.15, -0.1) is 11.3 Å². The molecule has 172 valence electrons. The average Bonchev–Trinajstić information content (AvgIpc) is 3.36. The highest BCUT2D eigenvalue weighted by Gasteiger charge is 2.34. The van der Waals surface area contributed by atoms with Crippen molar-refractivity contribution in [3.05, 3.63) is 52.2 Å². The molecule has 1 atom stereocenters.